The summed E-state index contributed by atoms with van der Waals surface area (Å²) in [6, 6.07) is 0.0281. The molecule has 16 heavy (non-hydrogen) atoms. The third-order valence-corrected chi connectivity index (χ3v) is 3.52. The van der Waals surface area contributed by atoms with Crippen LogP contribution in [0.15, 0.2) is 0 Å². The van der Waals surface area contributed by atoms with E-state index in [1.54, 1.807) is 0 Å². The predicted molar refractivity (Wildman–Crippen MR) is 65.5 cm³/mol. The Hall–Kier alpha value is -0.570. The van der Waals surface area contributed by atoms with Gasteiger partial charge in [0.1, 0.15) is 6.04 Å². The lowest BCUT2D eigenvalue weighted by atomic mass is 9.75. The summed E-state index contributed by atoms with van der Waals surface area (Å²) in [5, 5.41) is 12.4. The Morgan fingerprint density at radius 1 is 1.56 bits per heavy atom. The van der Waals surface area contributed by atoms with E-state index in [0.29, 0.717) is 11.5 Å². The molecule has 0 aliphatic heterocycles. The summed E-state index contributed by atoms with van der Waals surface area (Å²) in [6.07, 6.45) is 6.34. The quantitative estimate of drug-likeness (QED) is 0.759. The number of aliphatic carboxylic acids is 1. The molecule has 1 rings (SSSR count). The van der Waals surface area contributed by atoms with Gasteiger partial charge in [0.05, 0.1) is 0 Å². The van der Waals surface area contributed by atoms with Crippen LogP contribution in [0.3, 0.4) is 0 Å². The van der Waals surface area contributed by atoms with Crippen molar-refractivity contribution < 1.29 is 9.90 Å². The Morgan fingerprint density at radius 2 is 2.25 bits per heavy atom. The molecule has 3 heteroatoms. The van der Waals surface area contributed by atoms with Crippen LogP contribution in [0, 0.1) is 5.41 Å². The van der Waals surface area contributed by atoms with E-state index in [1.807, 2.05) is 6.92 Å². The topological polar surface area (TPSA) is 49.3 Å². The maximum Gasteiger partial charge on any atom is 0.320 e. The minimum atomic E-state index is -0.703. The Balaban J connectivity index is 2.48. The van der Waals surface area contributed by atoms with Crippen molar-refractivity contribution in [1.82, 2.24) is 5.32 Å². The molecule has 0 heterocycles. The molecule has 1 fully saturated rings. The molecule has 1 aliphatic carbocycles. The molecule has 2 N–H and O–H groups in total. The van der Waals surface area contributed by atoms with Crippen molar-refractivity contribution in [1.29, 1.82) is 0 Å². The highest BCUT2D eigenvalue weighted by Crippen LogP contribution is 2.35. The SMILES string of the molecule is CCCC(NC1CCCC(C)(C)C1)C(=O)O. The molecule has 1 aliphatic rings. The molecular weight excluding hydrogens is 202 g/mol. The Morgan fingerprint density at radius 3 is 2.75 bits per heavy atom. The average molecular weight is 227 g/mol. The normalized spacial score (nSPS) is 26.3. The van der Waals surface area contributed by atoms with Crippen molar-refractivity contribution in [3.63, 3.8) is 0 Å². The molecule has 0 bridgehead atoms. The molecule has 1 saturated carbocycles. The highest BCUT2D eigenvalue weighted by Gasteiger charge is 2.30. The summed E-state index contributed by atoms with van der Waals surface area (Å²) in [7, 11) is 0. The summed E-state index contributed by atoms with van der Waals surface area (Å²) in [4.78, 5) is 11.1. The zero-order chi connectivity index (χ0) is 12.2. The average Bonchev–Trinajstić information content (AvgIpc) is 2.15. The van der Waals surface area contributed by atoms with Gasteiger partial charge in [0.25, 0.3) is 0 Å². The van der Waals surface area contributed by atoms with Crippen LogP contribution in [0.4, 0.5) is 0 Å². The fraction of sp³-hybridized carbons (Fsp3) is 0.923. The first-order valence-corrected chi connectivity index (χ1v) is 6.43. The van der Waals surface area contributed by atoms with E-state index < -0.39 is 5.97 Å². The minimum absolute atomic E-state index is 0.358. The third kappa shape index (κ3) is 4.12. The van der Waals surface area contributed by atoms with Crippen molar-refractivity contribution in [3.05, 3.63) is 0 Å². The molecule has 94 valence electrons. The lowest BCUT2D eigenvalue weighted by Gasteiger charge is -2.36. The van der Waals surface area contributed by atoms with Gasteiger partial charge in [-0.3, -0.25) is 4.79 Å². The van der Waals surface area contributed by atoms with E-state index in [0.717, 1.165) is 25.7 Å². The van der Waals surface area contributed by atoms with Gasteiger partial charge in [-0.25, -0.2) is 0 Å². The van der Waals surface area contributed by atoms with Gasteiger partial charge in [0.15, 0.2) is 0 Å². The third-order valence-electron chi connectivity index (χ3n) is 3.52. The predicted octanol–water partition coefficient (Wildman–Crippen LogP) is 2.80. The van der Waals surface area contributed by atoms with Crippen molar-refractivity contribution in [2.24, 2.45) is 5.41 Å². The molecule has 0 saturated heterocycles. The number of carboxylic acid groups (broad SMARTS) is 1. The van der Waals surface area contributed by atoms with Crippen LogP contribution in [0.1, 0.15) is 59.3 Å². The van der Waals surface area contributed by atoms with Gasteiger partial charge in [-0.05, 0) is 31.1 Å². The zero-order valence-corrected chi connectivity index (χ0v) is 10.8. The molecule has 2 atom stereocenters. The van der Waals surface area contributed by atoms with Gasteiger partial charge in [0, 0.05) is 6.04 Å². The number of nitrogens with one attached hydrogen (secondary N) is 1. The van der Waals surface area contributed by atoms with E-state index in [1.165, 1.54) is 12.8 Å². The van der Waals surface area contributed by atoms with Crippen LogP contribution in [-0.2, 0) is 4.79 Å². The van der Waals surface area contributed by atoms with Gasteiger partial charge in [-0.1, -0.05) is 33.6 Å². The Labute approximate surface area is 98.6 Å². The summed E-state index contributed by atoms with van der Waals surface area (Å²) in [6.45, 7) is 6.58. The first kappa shape index (κ1) is 13.5. The fourth-order valence-corrected chi connectivity index (χ4v) is 2.69. The molecule has 0 radical (unpaired) electrons. The lowest BCUT2D eigenvalue weighted by molar-refractivity contribution is -0.140. The molecule has 0 aromatic rings. The van der Waals surface area contributed by atoms with E-state index in [-0.39, 0.29) is 6.04 Å². The smallest absolute Gasteiger partial charge is 0.320 e. The largest absolute Gasteiger partial charge is 0.480 e. The van der Waals surface area contributed by atoms with Crippen LogP contribution in [-0.4, -0.2) is 23.2 Å². The molecular formula is C13H25NO2. The molecule has 2 unspecified atom stereocenters. The van der Waals surface area contributed by atoms with Crippen molar-refractivity contribution >= 4 is 5.97 Å². The van der Waals surface area contributed by atoms with E-state index in [9.17, 15) is 4.79 Å². The van der Waals surface area contributed by atoms with Crippen LogP contribution >= 0.6 is 0 Å². The highest BCUT2D eigenvalue weighted by atomic mass is 16.4. The first-order chi connectivity index (χ1) is 7.44. The molecule has 0 aromatic carbocycles. The molecule has 0 aromatic heterocycles. The molecule has 0 amide bonds. The second kappa shape index (κ2) is 5.67. The number of carbonyl (C=O) groups is 1. The zero-order valence-electron chi connectivity index (χ0n) is 10.8. The first-order valence-electron chi connectivity index (χ1n) is 6.43. The summed E-state index contributed by atoms with van der Waals surface area (Å²) < 4.78 is 0. The van der Waals surface area contributed by atoms with Gasteiger partial charge in [-0.15, -0.1) is 0 Å². The second-order valence-corrected chi connectivity index (χ2v) is 5.80. The van der Waals surface area contributed by atoms with Gasteiger partial charge in [-0.2, -0.15) is 0 Å². The summed E-state index contributed by atoms with van der Waals surface area (Å²) in [5.74, 6) is -0.703. The van der Waals surface area contributed by atoms with Crippen molar-refractivity contribution in [2.45, 2.75) is 71.4 Å². The van der Waals surface area contributed by atoms with Crippen molar-refractivity contribution in [2.75, 3.05) is 0 Å². The molecule has 0 spiro atoms. The highest BCUT2D eigenvalue weighted by molar-refractivity contribution is 5.73. The van der Waals surface area contributed by atoms with Crippen LogP contribution in [0.2, 0.25) is 0 Å². The number of carboxylic acids is 1. The van der Waals surface area contributed by atoms with Gasteiger partial charge in [0.2, 0.25) is 0 Å². The maximum atomic E-state index is 11.1. The van der Waals surface area contributed by atoms with Gasteiger partial charge < -0.3 is 10.4 Å². The number of hydrogen-bond acceptors (Lipinski definition) is 2. The fourth-order valence-electron chi connectivity index (χ4n) is 2.69. The summed E-state index contributed by atoms with van der Waals surface area (Å²) >= 11 is 0. The lowest BCUT2D eigenvalue weighted by Crippen LogP contribution is -2.46. The molecule has 3 nitrogen and oxygen atoms in total. The van der Waals surface area contributed by atoms with Crippen molar-refractivity contribution in [3.8, 4) is 0 Å². The van der Waals surface area contributed by atoms with Crippen LogP contribution in [0.5, 0.6) is 0 Å². The standard InChI is InChI=1S/C13H25NO2/c1-4-6-11(12(15)16)14-10-7-5-8-13(2,3)9-10/h10-11,14H,4-9H2,1-3H3,(H,15,16). The minimum Gasteiger partial charge on any atom is -0.480 e. The maximum absolute atomic E-state index is 11.1. The van der Waals surface area contributed by atoms with Crippen LogP contribution in [0.25, 0.3) is 0 Å². The number of hydrogen-bond donors (Lipinski definition) is 2. The monoisotopic (exact) mass is 227 g/mol. The second-order valence-electron chi connectivity index (χ2n) is 5.80. The summed E-state index contributed by atoms with van der Waals surface area (Å²) in [5.41, 5.74) is 0.366. The van der Waals surface area contributed by atoms with Gasteiger partial charge >= 0.3 is 5.97 Å². The van der Waals surface area contributed by atoms with E-state index >= 15 is 0 Å². The number of rotatable bonds is 5. The Kier molecular flexibility index (Phi) is 4.78. The van der Waals surface area contributed by atoms with E-state index in [4.69, 9.17) is 5.11 Å². The van der Waals surface area contributed by atoms with E-state index in [2.05, 4.69) is 19.2 Å². The Bertz CT molecular complexity index is 238. The van der Waals surface area contributed by atoms with Crippen LogP contribution < -0.4 is 5.32 Å².